The Bertz CT molecular complexity index is 1470. The van der Waals surface area contributed by atoms with E-state index in [0.717, 1.165) is 29.9 Å². The molecule has 2 N–H and O–H groups in total. The van der Waals surface area contributed by atoms with Crippen molar-refractivity contribution in [1.29, 1.82) is 0 Å². The summed E-state index contributed by atoms with van der Waals surface area (Å²) in [4.78, 5) is 36.0. The highest BCUT2D eigenvalue weighted by atomic mass is 16.3. The van der Waals surface area contributed by atoms with Crippen molar-refractivity contribution >= 4 is 28.3 Å². The molecule has 184 valence electrons. The number of hydrogen-bond donors (Lipinski definition) is 2. The molecule has 4 heterocycles. The van der Waals surface area contributed by atoms with E-state index in [4.69, 9.17) is 0 Å². The fraction of sp³-hybridized carbons (Fsp3) is 0.346. The highest BCUT2D eigenvalue weighted by molar-refractivity contribution is 5.81. The quantitative estimate of drug-likeness (QED) is 0.431. The molecule has 0 radical (unpaired) electrons. The van der Waals surface area contributed by atoms with Gasteiger partial charge in [-0.25, -0.2) is 9.67 Å². The molecular formula is C26H27N7O3. The second kappa shape index (κ2) is 8.87. The number of hydrogen-bond acceptors (Lipinski definition) is 7. The summed E-state index contributed by atoms with van der Waals surface area (Å²) >= 11 is 0. The zero-order chi connectivity index (χ0) is 24.7. The number of rotatable bonds is 6. The van der Waals surface area contributed by atoms with Gasteiger partial charge in [0.25, 0.3) is 5.56 Å². The predicted octanol–water partition coefficient (Wildman–Crippen LogP) is 2.48. The summed E-state index contributed by atoms with van der Waals surface area (Å²) in [6.07, 6.45) is 9.25. The summed E-state index contributed by atoms with van der Waals surface area (Å²) in [5, 5.41) is 19.3. The van der Waals surface area contributed by atoms with E-state index in [1.165, 1.54) is 17.1 Å². The van der Waals surface area contributed by atoms with Crippen LogP contribution in [0.25, 0.3) is 16.7 Å². The topological polar surface area (TPSA) is 118 Å². The molecule has 6 rings (SSSR count). The van der Waals surface area contributed by atoms with Crippen molar-refractivity contribution in [1.82, 2.24) is 29.2 Å². The number of carbonyl (C=O) groups excluding carboxylic acids is 1. The lowest BCUT2D eigenvalue weighted by Crippen LogP contribution is -2.50. The molecule has 0 bridgehead atoms. The molecule has 0 unspecified atom stereocenters. The average Bonchev–Trinajstić information content (AvgIpc) is 3.65. The fourth-order valence-corrected chi connectivity index (χ4v) is 4.77. The van der Waals surface area contributed by atoms with Gasteiger partial charge in [0, 0.05) is 42.8 Å². The fourth-order valence-electron chi connectivity index (χ4n) is 4.77. The Kier molecular flexibility index (Phi) is 5.52. The van der Waals surface area contributed by atoms with Crippen LogP contribution in [0.4, 0.5) is 11.4 Å². The minimum atomic E-state index is -1.05. The van der Waals surface area contributed by atoms with E-state index in [2.05, 4.69) is 20.4 Å². The Labute approximate surface area is 207 Å². The lowest BCUT2D eigenvalue weighted by Gasteiger charge is -2.38. The number of aliphatic hydroxyl groups is 1. The van der Waals surface area contributed by atoms with Crippen molar-refractivity contribution in [2.24, 2.45) is 5.92 Å². The molecule has 36 heavy (non-hydrogen) atoms. The second-order valence-electron chi connectivity index (χ2n) is 9.71. The maximum atomic E-state index is 13.2. The van der Waals surface area contributed by atoms with E-state index in [0.29, 0.717) is 37.0 Å². The van der Waals surface area contributed by atoms with Crippen LogP contribution in [0.15, 0.2) is 66.1 Å². The summed E-state index contributed by atoms with van der Waals surface area (Å²) in [7, 11) is 0. The van der Waals surface area contributed by atoms with Crippen molar-refractivity contribution in [3.63, 3.8) is 0 Å². The van der Waals surface area contributed by atoms with Crippen LogP contribution < -0.4 is 10.9 Å². The Morgan fingerprint density at radius 3 is 2.64 bits per heavy atom. The first kappa shape index (κ1) is 22.4. The summed E-state index contributed by atoms with van der Waals surface area (Å²) < 4.78 is 3.09. The van der Waals surface area contributed by atoms with E-state index in [9.17, 15) is 14.7 Å². The number of nitrogens with one attached hydrogen (secondary N) is 1. The molecule has 2 fully saturated rings. The highest BCUT2D eigenvalue weighted by Gasteiger charge is 2.39. The molecule has 0 spiro atoms. The Morgan fingerprint density at radius 2 is 1.89 bits per heavy atom. The van der Waals surface area contributed by atoms with Crippen LogP contribution in [-0.4, -0.2) is 58.9 Å². The zero-order valence-electron chi connectivity index (χ0n) is 19.7. The molecular weight excluding hydrogens is 458 g/mol. The van der Waals surface area contributed by atoms with Crippen LogP contribution in [0.1, 0.15) is 25.7 Å². The third-order valence-electron chi connectivity index (χ3n) is 7.01. The third kappa shape index (κ3) is 4.35. The van der Waals surface area contributed by atoms with Crippen LogP contribution in [-0.2, 0) is 11.3 Å². The zero-order valence-corrected chi connectivity index (χ0v) is 19.7. The van der Waals surface area contributed by atoms with E-state index in [-0.39, 0.29) is 23.9 Å². The van der Waals surface area contributed by atoms with Crippen LogP contribution in [0.5, 0.6) is 0 Å². The van der Waals surface area contributed by atoms with Crippen molar-refractivity contribution in [2.45, 2.75) is 37.8 Å². The molecule has 1 amide bonds. The first-order valence-corrected chi connectivity index (χ1v) is 12.2. The van der Waals surface area contributed by atoms with Gasteiger partial charge in [0.15, 0.2) is 5.65 Å². The summed E-state index contributed by atoms with van der Waals surface area (Å²) in [6.45, 7) is 1.16. The highest BCUT2D eigenvalue weighted by Crippen LogP contribution is 2.33. The van der Waals surface area contributed by atoms with Gasteiger partial charge in [-0.3, -0.25) is 19.1 Å². The summed E-state index contributed by atoms with van der Waals surface area (Å²) in [5.41, 5.74) is 1.69. The summed E-state index contributed by atoms with van der Waals surface area (Å²) in [5.74, 6) is 0.374. The van der Waals surface area contributed by atoms with Gasteiger partial charge in [0.1, 0.15) is 11.7 Å². The monoisotopic (exact) mass is 485 g/mol. The molecule has 1 aliphatic heterocycles. The van der Waals surface area contributed by atoms with Gasteiger partial charge in [-0.1, -0.05) is 6.07 Å². The van der Waals surface area contributed by atoms with E-state index < -0.39 is 5.60 Å². The third-order valence-corrected chi connectivity index (χ3v) is 7.01. The Morgan fingerprint density at radius 1 is 1.11 bits per heavy atom. The maximum absolute atomic E-state index is 13.2. The molecule has 1 aromatic carbocycles. The number of benzene rings is 1. The summed E-state index contributed by atoms with van der Waals surface area (Å²) in [6, 6.07) is 11.4. The van der Waals surface area contributed by atoms with Crippen molar-refractivity contribution in [3.05, 3.63) is 71.7 Å². The Balaban J connectivity index is 1.21. The van der Waals surface area contributed by atoms with Gasteiger partial charge >= 0.3 is 0 Å². The lowest BCUT2D eigenvalue weighted by molar-refractivity contribution is -0.137. The van der Waals surface area contributed by atoms with Crippen LogP contribution in [0.2, 0.25) is 0 Å². The molecule has 1 aliphatic carbocycles. The Hall–Kier alpha value is -4.05. The van der Waals surface area contributed by atoms with Gasteiger partial charge in [-0.15, -0.1) is 0 Å². The smallest absolute Gasteiger partial charge is 0.264 e. The minimum Gasteiger partial charge on any atom is -0.388 e. The first-order valence-electron chi connectivity index (χ1n) is 12.2. The standard InChI is InChI=1S/C26H27N7O3/c34-24(18-4-5-18)31-12-8-26(36,9-13-31)16-32-17-28-23-22(25(32)35)15-29-33(23)21-3-1-2-20(14-21)30-19-6-10-27-11-7-19/h1-3,6-7,10-11,14-15,17-18,36H,4-5,8-9,12-13,16H2,(H,27,30). The number of likely N-dealkylation sites (tertiary alicyclic amines) is 1. The van der Waals surface area contributed by atoms with Crippen LogP contribution >= 0.6 is 0 Å². The van der Waals surface area contributed by atoms with E-state index in [1.807, 2.05) is 41.3 Å². The number of aromatic nitrogens is 5. The second-order valence-corrected chi connectivity index (χ2v) is 9.71. The minimum absolute atomic E-state index is 0.136. The van der Waals surface area contributed by atoms with Gasteiger partial charge in [-0.05, 0) is 56.0 Å². The number of pyridine rings is 1. The van der Waals surface area contributed by atoms with Crippen LogP contribution in [0.3, 0.4) is 0 Å². The molecule has 2 aliphatic rings. The van der Waals surface area contributed by atoms with Gasteiger partial charge in [0.2, 0.25) is 5.91 Å². The molecule has 10 heteroatoms. The van der Waals surface area contributed by atoms with Crippen LogP contribution in [0, 0.1) is 5.92 Å². The largest absolute Gasteiger partial charge is 0.388 e. The van der Waals surface area contributed by atoms with E-state index >= 15 is 0 Å². The number of nitrogens with zero attached hydrogens (tertiary/aromatic N) is 6. The molecule has 3 aromatic heterocycles. The lowest BCUT2D eigenvalue weighted by atomic mass is 9.91. The molecule has 10 nitrogen and oxygen atoms in total. The van der Waals surface area contributed by atoms with Crippen molar-refractivity contribution in [2.75, 3.05) is 18.4 Å². The first-order chi connectivity index (χ1) is 17.5. The molecule has 1 saturated carbocycles. The molecule has 0 atom stereocenters. The average molecular weight is 486 g/mol. The number of piperidine rings is 1. The van der Waals surface area contributed by atoms with E-state index in [1.54, 1.807) is 17.1 Å². The normalized spacial score (nSPS) is 17.3. The number of anilines is 2. The van der Waals surface area contributed by atoms with Crippen molar-refractivity contribution in [3.8, 4) is 5.69 Å². The maximum Gasteiger partial charge on any atom is 0.264 e. The van der Waals surface area contributed by atoms with Crippen molar-refractivity contribution < 1.29 is 9.90 Å². The number of fused-ring (bicyclic) bond motifs is 1. The number of carbonyl (C=O) groups is 1. The number of amides is 1. The van der Waals surface area contributed by atoms with Gasteiger partial charge in [-0.2, -0.15) is 5.10 Å². The molecule has 1 saturated heterocycles. The molecule has 4 aromatic rings. The van der Waals surface area contributed by atoms with Gasteiger partial charge in [0.05, 0.1) is 24.0 Å². The SMILES string of the molecule is O=C(C1CC1)N1CCC(O)(Cn2cnc3c(cnn3-c3cccc(Nc4ccncc4)c3)c2=O)CC1. The predicted molar refractivity (Wildman–Crippen MR) is 134 cm³/mol. The van der Waals surface area contributed by atoms with Gasteiger partial charge < -0.3 is 15.3 Å².